The molecular weight excluding hydrogens is 272 g/mol. The molecule has 7 heteroatoms. The summed E-state index contributed by atoms with van der Waals surface area (Å²) >= 11 is 5.74. The zero-order valence-corrected chi connectivity index (χ0v) is 10.9. The lowest BCUT2D eigenvalue weighted by Gasteiger charge is -2.07. The van der Waals surface area contributed by atoms with Gasteiger partial charge in [-0.2, -0.15) is 0 Å². The number of nitro groups is 1. The largest absolute Gasteiger partial charge is 0.493 e. The molecule has 0 bridgehead atoms. The summed E-state index contributed by atoms with van der Waals surface area (Å²) in [5.74, 6) is 0.366. The van der Waals surface area contributed by atoms with E-state index in [2.05, 4.69) is 5.32 Å². The Kier molecular flexibility index (Phi) is 4.21. The van der Waals surface area contributed by atoms with E-state index in [-0.39, 0.29) is 29.6 Å². The number of amides is 1. The first kappa shape index (κ1) is 13.6. The lowest BCUT2D eigenvalue weighted by atomic mass is 10.3. The van der Waals surface area contributed by atoms with Gasteiger partial charge in [-0.1, -0.05) is 11.6 Å². The normalized spacial score (nSPS) is 13.9. The van der Waals surface area contributed by atoms with Gasteiger partial charge in [-0.25, -0.2) is 0 Å². The second-order valence-corrected chi connectivity index (χ2v) is 4.72. The van der Waals surface area contributed by atoms with Crippen LogP contribution in [-0.4, -0.2) is 23.5 Å². The molecule has 0 radical (unpaired) electrons. The number of hydrogen-bond donors (Lipinski definition) is 1. The molecule has 1 saturated carbocycles. The van der Waals surface area contributed by atoms with Crippen molar-refractivity contribution in [2.24, 2.45) is 0 Å². The number of benzene rings is 1. The second kappa shape index (κ2) is 5.88. The Labute approximate surface area is 114 Å². The number of hydrogen-bond acceptors (Lipinski definition) is 4. The van der Waals surface area contributed by atoms with Gasteiger partial charge in [0.15, 0.2) is 0 Å². The van der Waals surface area contributed by atoms with Crippen LogP contribution in [0.15, 0.2) is 18.2 Å². The zero-order chi connectivity index (χ0) is 13.8. The highest BCUT2D eigenvalue weighted by Crippen LogP contribution is 2.28. The van der Waals surface area contributed by atoms with Gasteiger partial charge in [-0.3, -0.25) is 14.9 Å². The molecule has 1 aromatic rings. The van der Waals surface area contributed by atoms with Gasteiger partial charge >= 0.3 is 0 Å². The zero-order valence-electron chi connectivity index (χ0n) is 10.1. The fraction of sp³-hybridized carbons (Fsp3) is 0.417. The summed E-state index contributed by atoms with van der Waals surface area (Å²) in [5.41, 5.74) is -0.166. The number of rotatable bonds is 6. The van der Waals surface area contributed by atoms with Crippen molar-refractivity contribution in [3.63, 3.8) is 0 Å². The van der Waals surface area contributed by atoms with Crippen LogP contribution in [0.1, 0.15) is 19.3 Å². The van der Waals surface area contributed by atoms with Gasteiger partial charge in [0.2, 0.25) is 5.91 Å². The topological polar surface area (TPSA) is 81.5 Å². The first-order chi connectivity index (χ1) is 9.06. The molecule has 1 N–H and O–H groups in total. The lowest BCUT2D eigenvalue weighted by Crippen LogP contribution is -2.26. The summed E-state index contributed by atoms with van der Waals surface area (Å²) in [7, 11) is 0. The second-order valence-electron chi connectivity index (χ2n) is 4.31. The van der Waals surface area contributed by atoms with Crippen molar-refractivity contribution in [2.45, 2.75) is 25.3 Å². The van der Waals surface area contributed by atoms with Crippen molar-refractivity contribution >= 4 is 23.2 Å². The fourth-order valence-corrected chi connectivity index (χ4v) is 1.75. The molecular formula is C12H13ClN2O4. The molecule has 1 amide bonds. The summed E-state index contributed by atoms with van der Waals surface area (Å²) in [6.45, 7) is 0.215. The average molecular weight is 285 g/mol. The van der Waals surface area contributed by atoms with E-state index in [1.807, 2.05) is 0 Å². The van der Waals surface area contributed by atoms with Gasteiger partial charge in [0.1, 0.15) is 10.8 Å². The molecule has 0 unspecified atom stereocenters. The maximum absolute atomic E-state index is 11.4. The Bertz CT molecular complexity index is 503. The summed E-state index contributed by atoms with van der Waals surface area (Å²) in [4.78, 5) is 21.4. The van der Waals surface area contributed by atoms with E-state index in [0.29, 0.717) is 11.8 Å². The molecule has 0 aliphatic heterocycles. The van der Waals surface area contributed by atoms with Crippen molar-refractivity contribution in [1.82, 2.24) is 5.32 Å². The molecule has 0 atom stereocenters. The summed E-state index contributed by atoms with van der Waals surface area (Å²) in [6.07, 6.45) is 2.35. The van der Waals surface area contributed by atoms with E-state index in [0.717, 1.165) is 12.8 Å². The Morgan fingerprint density at radius 1 is 1.53 bits per heavy atom. The third-order valence-corrected chi connectivity index (χ3v) is 2.96. The minimum Gasteiger partial charge on any atom is -0.493 e. The van der Waals surface area contributed by atoms with Gasteiger partial charge in [-0.15, -0.1) is 0 Å². The quantitative estimate of drug-likeness (QED) is 0.642. The first-order valence-electron chi connectivity index (χ1n) is 5.92. The van der Waals surface area contributed by atoms with Crippen molar-refractivity contribution < 1.29 is 14.5 Å². The van der Waals surface area contributed by atoms with Crippen LogP contribution >= 0.6 is 11.6 Å². The van der Waals surface area contributed by atoms with Gasteiger partial charge < -0.3 is 10.1 Å². The smallest absolute Gasteiger partial charge is 0.288 e. The average Bonchev–Trinajstić information content (AvgIpc) is 3.12. The molecule has 1 fully saturated rings. The van der Waals surface area contributed by atoms with Crippen LogP contribution < -0.4 is 10.1 Å². The molecule has 1 aromatic carbocycles. The SMILES string of the molecule is O=C(CCOc1ccc([N+](=O)[O-])c(Cl)c1)NC1CC1. The van der Waals surface area contributed by atoms with Crippen LogP contribution in [-0.2, 0) is 4.79 Å². The van der Waals surface area contributed by atoms with Crippen LogP contribution in [0.3, 0.4) is 0 Å². The molecule has 1 aliphatic rings. The Morgan fingerprint density at radius 3 is 2.84 bits per heavy atom. The minimum atomic E-state index is -0.560. The minimum absolute atomic E-state index is 0.0185. The number of ether oxygens (including phenoxy) is 1. The van der Waals surface area contributed by atoms with Crippen molar-refractivity contribution in [2.75, 3.05) is 6.61 Å². The van der Waals surface area contributed by atoms with Crippen molar-refractivity contribution in [3.05, 3.63) is 33.3 Å². The highest BCUT2D eigenvalue weighted by molar-refractivity contribution is 6.32. The summed E-state index contributed by atoms with van der Waals surface area (Å²) in [6, 6.07) is 4.45. The van der Waals surface area contributed by atoms with Crippen LogP contribution in [0.5, 0.6) is 5.75 Å². The Morgan fingerprint density at radius 2 is 2.26 bits per heavy atom. The molecule has 0 saturated heterocycles. The summed E-state index contributed by atoms with van der Waals surface area (Å²) in [5, 5.41) is 13.4. The maximum atomic E-state index is 11.4. The van der Waals surface area contributed by atoms with Crippen LogP contribution in [0, 0.1) is 10.1 Å². The highest BCUT2D eigenvalue weighted by atomic mass is 35.5. The highest BCUT2D eigenvalue weighted by Gasteiger charge is 2.22. The number of carbonyl (C=O) groups is 1. The maximum Gasteiger partial charge on any atom is 0.288 e. The molecule has 1 aliphatic carbocycles. The monoisotopic (exact) mass is 284 g/mol. The molecule has 102 valence electrons. The predicted molar refractivity (Wildman–Crippen MR) is 69.4 cm³/mol. The van der Waals surface area contributed by atoms with Gasteiger partial charge in [0.25, 0.3) is 5.69 Å². The van der Waals surface area contributed by atoms with E-state index in [4.69, 9.17) is 16.3 Å². The van der Waals surface area contributed by atoms with E-state index in [1.165, 1.54) is 18.2 Å². The number of nitrogens with zero attached hydrogens (tertiary/aromatic N) is 1. The molecule has 0 aromatic heterocycles. The number of halogens is 1. The molecule has 6 nitrogen and oxygen atoms in total. The van der Waals surface area contributed by atoms with Crippen molar-refractivity contribution in [3.8, 4) is 5.75 Å². The predicted octanol–water partition coefficient (Wildman–Crippen LogP) is 2.30. The Balaban J connectivity index is 1.80. The number of carbonyl (C=O) groups excluding carboxylic acids is 1. The van der Waals surface area contributed by atoms with Gasteiger partial charge in [-0.05, 0) is 18.9 Å². The van der Waals surface area contributed by atoms with E-state index in [1.54, 1.807) is 0 Å². The van der Waals surface area contributed by atoms with Crippen LogP contribution in [0.2, 0.25) is 5.02 Å². The van der Waals surface area contributed by atoms with Gasteiger partial charge in [0.05, 0.1) is 18.0 Å². The lowest BCUT2D eigenvalue weighted by molar-refractivity contribution is -0.384. The molecule has 19 heavy (non-hydrogen) atoms. The van der Waals surface area contributed by atoms with Gasteiger partial charge in [0, 0.05) is 18.2 Å². The molecule has 0 spiro atoms. The summed E-state index contributed by atoms with van der Waals surface area (Å²) < 4.78 is 5.33. The molecule has 0 heterocycles. The standard InChI is InChI=1S/C12H13ClN2O4/c13-10-7-9(3-4-11(10)15(17)18)19-6-5-12(16)14-8-1-2-8/h3-4,7-8H,1-2,5-6H2,(H,14,16). The number of nitrogens with one attached hydrogen (secondary N) is 1. The van der Waals surface area contributed by atoms with Crippen LogP contribution in [0.4, 0.5) is 5.69 Å². The van der Waals surface area contributed by atoms with Crippen LogP contribution in [0.25, 0.3) is 0 Å². The van der Waals surface area contributed by atoms with E-state index in [9.17, 15) is 14.9 Å². The van der Waals surface area contributed by atoms with E-state index >= 15 is 0 Å². The third kappa shape index (κ3) is 4.10. The fourth-order valence-electron chi connectivity index (χ4n) is 1.51. The third-order valence-electron chi connectivity index (χ3n) is 2.66. The van der Waals surface area contributed by atoms with E-state index < -0.39 is 4.92 Å². The van der Waals surface area contributed by atoms with Crippen molar-refractivity contribution in [1.29, 1.82) is 0 Å². The Hall–Kier alpha value is -1.82. The number of nitro benzene ring substituents is 1. The first-order valence-corrected chi connectivity index (χ1v) is 6.30. The molecule has 2 rings (SSSR count).